The summed E-state index contributed by atoms with van der Waals surface area (Å²) in [4.78, 5) is 22.2. The van der Waals surface area contributed by atoms with Crippen LogP contribution in [0.4, 0.5) is 5.82 Å². The van der Waals surface area contributed by atoms with Crippen molar-refractivity contribution in [2.75, 3.05) is 24.5 Å². The molecular formula is C22H25N5O. The largest absolute Gasteiger partial charge is 0.356 e. The number of piperidine rings is 1. The Labute approximate surface area is 164 Å². The third kappa shape index (κ3) is 3.03. The highest BCUT2D eigenvalue weighted by Crippen LogP contribution is 2.27. The van der Waals surface area contributed by atoms with E-state index in [2.05, 4.69) is 50.2 Å². The molecule has 2 aliphatic heterocycles. The van der Waals surface area contributed by atoms with Crippen LogP contribution in [-0.2, 0) is 17.8 Å². The van der Waals surface area contributed by atoms with Crippen molar-refractivity contribution in [1.82, 2.24) is 19.5 Å². The summed E-state index contributed by atoms with van der Waals surface area (Å²) in [6.07, 6.45) is 4.71. The highest BCUT2D eigenvalue weighted by molar-refractivity contribution is 5.80. The van der Waals surface area contributed by atoms with Crippen LogP contribution >= 0.6 is 0 Å². The number of carbonyl (C=O) groups is 1. The summed E-state index contributed by atoms with van der Waals surface area (Å²) in [7, 11) is 0. The molecule has 1 atom stereocenters. The lowest BCUT2D eigenvalue weighted by Gasteiger charge is -2.37. The van der Waals surface area contributed by atoms with E-state index in [-0.39, 0.29) is 5.92 Å². The summed E-state index contributed by atoms with van der Waals surface area (Å²) in [6.45, 7) is 5.27. The molecule has 2 aliphatic rings. The van der Waals surface area contributed by atoms with Crippen LogP contribution in [0.1, 0.15) is 29.7 Å². The number of hydrogen-bond donors (Lipinski definition) is 0. The van der Waals surface area contributed by atoms with Gasteiger partial charge in [-0.05, 0) is 37.3 Å². The Hall–Kier alpha value is -2.89. The van der Waals surface area contributed by atoms with Gasteiger partial charge >= 0.3 is 0 Å². The summed E-state index contributed by atoms with van der Waals surface area (Å²) >= 11 is 0. The molecular weight excluding hydrogens is 350 g/mol. The van der Waals surface area contributed by atoms with E-state index in [1.165, 1.54) is 11.1 Å². The van der Waals surface area contributed by atoms with Crippen LogP contribution in [-0.4, -0.2) is 45.0 Å². The molecule has 1 unspecified atom stereocenters. The number of aryl methyl sites for hydroxylation is 1. The Morgan fingerprint density at radius 2 is 2.00 bits per heavy atom. The van der Waals surface area contributed by atoms with Gasteiger partial charge in [-0.15, -0.1) is 0 Å². The van der Waals surface area contributed by atoms with Crippen molar-refractivity contribution in [2.24, 2.45) is 5.92 Å². The van der Waals surface area contributed by atoms with Gasteiger partial charge in [0.05, 0.1) is 12.1 Å². The van der Waals surface area contributed by atoms with E-state index in [4.69, 9.17) is 0 Å². The Morgan fingerprint density at radius 1 is 1.14 bits per heavy atom. The molecule has 28 heavy (non-hydrogen) atoms. The molecule has 144 valence electrons. The zero-order valence-electron chi connectivity index (χ0n) is 16.2. The first-order valence-corrected chi connectivity index (χ1v) is 10.1. The second kappa shape index (κ2) is 6.93. The minimum atomic E-state index is 0.0399. The van der Waals surface area contributed by atoms with Crippen LogP contribution in [0.5, 0.6) is 0 Å². The van der Waals surface area contributed by atoms with E-state index in [0.29, 0.717) is 5.91 Å². The molecule has 6 heteroatoms. The zero-order valence-corrected chi connectivity index (χ0v) is 16.2. The topological polar surface area (TPSA) is 53.7 Å². The number of fused-ring (bicyclic) bond motifs is 2. The maximum absolute atomic E-state index is 13.3. The molecule has 5 rings (SSSR count). The van der Waals surface area contributed by atoms with Gasteiger partial charge in [0, 0.05) is 44.0 Å². The van der Waals surface area contributed by atoms with Gasteiger partial charge in [0.2, 0.25) is 5.91 Å². The van der Waals surface area contributed by atoms with Crippen LogP contribution in [0.15, 0.2) is 42.6 Å². The van der Waals surface area contributed by atoms with E-state index < -0.39 is 0 Å². The third-order valence-electron chi connectivity index (χ3n) is 6.01. The summed E-state index contributed by atoms with van der Waals surface area (Å²) < 4.78 is 1.89. The van der Waals surface area contributed by atoms with Crippen LogP contribution in [0.25, 0.3) is 5.65 Å². The molecule has 2 aromatic heterocycles. The highest BCUT2D eigenvalue weighted by atomic mass is 16.2. The summed E-state index contributed by atoms with van der Waals surface area (Å²) in [5.74, 6) is 1.37. The lowest BCUT2D eigenvalue weighted by atomic mass is 9.94. The molecule has 0 N–H and O–H groups in total. The van der Waals surface area contributed by atoms with Gasteiger partial charge in [-0.1, -0.05) is 24.3 Å². The molecule has 0 bridgehead atoms. The average Bonchev–Trinajstić information content (AvgIpc) is 3.20. The second-order valence-corrected chi connectivity index (χ2v) is 7.92. The van der Waals surface area contributed by atoms with Gasteiger partial charge in [0.25, 0.3) is 0 Å². The third-order valence-corrected chi connectivity index (χ3v) is 6.01. The van der Waals surface area contributed by atoms with Gasteiger partial charge in [-0.2, -0.15) is 9.61 Å². The second-order valence-electron chi connectivity index (χ2n) is 7.92. The Balaban J connectivity index is 1.36. The number of hydrogen-bond acceptors (Lipinski definition) is 4. The SMILES string of the molecule is Cc1cc(N2CCCC(C(=O)N3CCc4ccccc4C3)C2)n2nccc2n1. The van der Waals surface area contributed by atoms with Crippen molar-refractivity contribution in [3.05, 3.63) is 59.4 Å². The van der Waals surface area contributed by atoms with E-state index in [1.54, 1.807) is 6.20 Å². The normalized spacial score (nSPS) is 19.7. The number of nitrogens with zero attached hydrogens (tertiary/aromatic N) is 5. The van der Waals surface area contributed by atoms with Crippen molar-refractivity contribution in [3.63, 3.8) is 0 Å². The molecule has 0 aliphatic carbocycles. The number of aromatic nitrogens is 3. The lowest BCUT2D eigenvalue weighted by molar-refractivity contribution is -0.136. The molecule has 4 heterocycles. The van der Waals surface area contributed by atoms with Crippen molar-refractivity contribution in [2.45, 2.75) is 32.7 Å². The molecule has 6 nitrogen and oxygen atoms in total. The van der Waals surface area contributed by atoms with Crippen molar-refractivity contribution in [1.29, 1.82) is 0 Å². The average molecular weight is 375 g/mol. The maximum Gasteiger partial charge on any atom is 0.227 e. The molecule has 0 saturated carbocycles. The fraction of sp³-hybridized carbons (Fsp3) is 0.409. The maximum atomic E-state index is 13.3. The van der Waals surface area contributed by atoms with Gasteiger partial charge < -0.3 is 9.80 Å². The Kier molecular flexibility index (Phi) is 4.26. The first kappa shape index (κ1) is 17.2. The van der Waals surface area contributed by atoms with Crippen LogP contribution in [0.2, 0.25) is 0 Å². The lowest BCUT2D eigenvalue weighted by Crippen LogP contribution is -2.46. The summed E-state index contributed by atoms with van der Waals surface area (Å²) in [6, 6.07) is 12.5. The fourth-order valence-electron chi connectivity index (χ4n) is 4.57. The minimum Gasteiger partial charge on any atom is -0.356 e. The minimum absolute atomic E-state index is 0.0399. The molecule has 1 amide bonds. The predicted molar refractivity (Wildman–Crippen MR) is 108 cm³/mol. The summed E-state index contributed by atoms with van der Waals surface area (Å²) in [5, 5.41) is 4.44. The molecule has 0 radical (unpaired) electrons. The fourth-order valence-corrected chi connectivity index (χ4v) is 4.57. The van der Waals surface area contributed by atoms with E-state index in [9.17, 15) is 4.79 Å². The summed E-state index contributed by atoms with van der Waals surface area (Å²) in [5.41, 5.74) is 4.50. The van der Waals surface area contributed by atoms with Crippen LogP contribution in [0.3, 0.4) is 0 Å². The first-order valence-electron chi connectivity index (χ1n) is 10.1. The molecule has 3 aromatic rings. The number of carbonyl (C=O) groups excluding carboxylic acids is 1. The molecule has 0 spiro atoms. The van der Waals surface area contributed by atoms with Crippen molar-refractivity contribution < 1.29 is 4.79 Å². The Bertz CT molecular complexity index is 1030. The number of amides is 1. The van der Waals surface area contributed by atoms with Gasteiger partial charge in [-0.25, -0.2) is 4.98 Å². The van der Waals surface area contributed by atoms with Crippen molar-refractivity contribution in [3.8, 4) is 0 Å². The smallest absolute Gasteiger partial charge is 0.227 e. The van der Waals surface area contributed by atoms with Crippen LogP contribution in [0, 0.1) is 12.8 Å². The Morgan fingerprint density at radius 3 is 2.89 bits per heavy atom. The molecule has 1 fully saturated rings. The highest BCUT2D eigenvalue weighted by Gasteiger charge is 2.31. The van der Waals surface area contributed by atoms with Gasteiger partial charge in [-0.3, -0.25) is 4.79 Å². The van der Waals surface area contributed by atoms with Crippen LogP contribution < -0.4 is 4.90 Å². The molecule has 1 saturated heterocycles. The number of rotatable bonds is 2. The quantitative estimate of drug-likeness (QED) is 0.691. The first-order chi connectivity index (χ1) is 13.7. The van der Waals surface area contributed by atoms with E-state index in [0.717, 1.165) is 62.6 Å². The van der Waals surface area contributed by atoms with Gasteiger partial charge in [0.15, 0.2) is 5.65 Å². The zero-order chi connectivity index (χ0) is 19.1. The van der Waals surface area contributed by atoms with E-state index >= 15 is 0 Å². The van der Waals surface area contributed by atoms with Gasteiger partial charge in [0.1, 0.15) is 5.82 Å². The standard InChI is InChI=1S/C22H25N5O/c1-16-13-21(27-20(24-16)8-10-23-27)25-11-4-7-19(15-25)22(28)26-12-9-17-5-2-3-6-18(17)14-26/h2-3,5-6,8,10,13,19H,4,7,9,11-12,14-15H2,1H3. The van der Waals surface area contributed by atoms with Crippen molar-refractivity contribution >= 4 is 17.4 Å². The molecule has 1 aromatic carbocycles. The number of benzene rings is 1. The predicted octanol–water partition coefficient (Wildman–Crippen LogP) is 2.84. The number of anilines is 1. The van der Waals surface area contributed by atoms with E-state index in [1.807, 2.05) is 17.5 Å². The monoisotopic (exact) mass is 375 g/mol.